The number of anilines is 1. The largest absolute Gasteiger partial charge is 0.435 e. The fourth-order valence-electron chi connectivity index (χ4n) is 1.36. The first kappa shape index (κ1) is 12.3. The van der Waals surface area contributed by atoms with Crippen LogP contribution in [0.5, 0.6) is 0 Å². The topological polar surface area (TPSA) is 66.5 Å². The number of imidazole rings is 1. The molecule has 0 spiro atoms. The van der Waals surface area contributed by atoms with Crippen molar-refractivity contribution in [1.82, 2.24) is 20.2 Å². The van der Waals surface area contributed by atoms with E-state index < -0.39 is 11.9 Å². The maximum Gasteiger partial charge on any atom is 0.435 e. The van der Waals surface area contributed by atoms with Gasteiger partial charge >= 0.3 is 6.18 Å². The highest BCUT2D eigenvalue weighted by Gasteiger charge is 2.32. The van der Waals surface area contributed by atoms with Crippen molar-refractivity contribution in [2.24, 2.45) is 0 Å². The third-order valence-electron chi connectivity index (χ3n) is 2.25. The average molecular weight is 257 g/mol. The van der Waals surface area contributed by atoms with E-state index in [9.17, 15) is 13.2 Å². The molecule has 0 radical (unpaired) electrons. The summed E-state index contributed by atoms with van der Waals surface area (Å²) in [4.78, 5) is 6.91. The maximum atomic E-state index is 12.3. The monoisotopic (exact) mass is 257 g/mol. The normalized spacial score (nSPS) is 13.3. The molecule has 0 amide bonds. The molecule has 2 rings (SSSR count). The summed E-state index contributed by atoms with van der Waals surface area (Å²) in [6, 6.07) is 1.91. The number of aromatic amines is 1. The molecular weight excluding hydrogens is 247 g/mol. The molecule has 96 valence electrons. The predicted octanol–water partition coefficient (Wildman–Crippen LogP) is 2.39. The van der Waals surface area contributed by atoms with Crippen LogP contribution < -0.4 is 5.32 Å². The summed E-state index contributed by atoms with van der Waals surface area (Å²) in [6.45, 7) is 1.80. The van der Waals surface area contributed by atoms with Crippen molar-refractivity contribution in [2.45, 2.75) is 19.1 Å². The van der Waals surface area contributed by atoms with Crippen LogP contribution in [0.1, 0.15) is 24.5 Å². The zero-order valence-corrected chi connectivity index (χ0v) is 9.36. The Morgan fingerprint density at radius 2 is 2.06 bits per heavy atom. The number of alkyl halides is 3. The number of H-pyrrole nitrogens is 1. The summed E-state index contributed by atoms with van der Waals surface area (Å²) in [6.07, 6.45) is -1.23. The second kappa shape index (κ2) is 4.63. The minimum absolute atomic E-state index is 0.203. The van der Waals surface area contributed by atoms with Gasteiger partial charge in [0.05, 0.1) is 6.04 Å². The van der Waals surface area contributed by atoms with Crippen LogP contribution in [0.4, 0.5) is 19.0 Å². The van der Waals surface area contributed by atoms with Gasteiger partial charge in [-0.15, -0.1) is 10.2 Å². The van der Waals surface area contributed by atoms with Crippen molar-refractivity contribution in [3.05, 3.63) is 36.0 Å². The first-order valence-electron chi connectivity index (χ1n) is 5.13. The minimum Gasteiger partial charge on any atom is -0.359 e. The smallest absolute Gasteiger partial charge is 0.359 e. The van der Waals surface area contributed by atoms with E-state index in [1.54, 1.807) is 19.3 Å². The molecule has 0 saturated heterocycles. The summed E-state index contributed by atoms with van der Waals surface area (Å²) in [5.74, 6) is 0.920. The fourth-order valence-corrected chi connectivity index (χ4v) is 1.36. The molecule has 1 unspecified atom stereocenters. The second-order valence-electron chi connectivity index (χ2n) is 3.64. The molecule has 0 aliphatic heterocycles. The summed E-state index contributed by atoms with van der Waals surface area (Å²) in [5.41, 5.74) is -1.02. The average Bonchev–Trinajstić information content (AvgIpc) is 2.82. The van der Waals surface area contributed by atoms with Crippen molar-refractivity contribution >= 4 is 5.82 Å². The van der Waals surface area contributed by atoms with Crippen molar-refractivity contribution in [2.75, 3.05) is 5.32 Å². The third kappa shape index (κ3) is 2.76. The zero-order valence-electron chi connectivity index (χ0n) is 9.36. The molecule has 0 fully saturated rings. The molecule has 0 aromatic carbocycles. The van der Waals surface area contributed by atoms with Crippen LogP contribution in [0, 0.1) is 0 Å². The highest BCUT2D eigenvalue weighted by atomic mass is 19.4. The molecule has 0 aliphatic rings. The highest BCUT2D eigenvalue weighted by molar-refractivity contribution is 5.35. The first-order chi connectivity index (χ1) is 8.47. The van der Waals surface area contributed by atoms with E-state index in [0.717, 1.165) is 6.07 Å². The molecule has 8 heteroatoms. The molecule has 0 saturated carbocycles. The molecule has 2 heterocycles. The van der Waals surface area contributed by atoms with E-state index in [-0.39, 0.29) is 11.9 Å². The van der Waals surface area contributed by atoms with Crippen LogP contribution in [0.15, 0.2) is 24.5 Å². The Morgan fingerprint density at radius 3 is 2.56 bits per heavy atom. The Hall–Kier alpha value is -2.12. The second-order valence-corrected chi connectivity index (χ2v) is 3.64. The molecule has 0 bridgehead atoms. The molecule has 5 nitrogen and oxygen atoms in total. The fraction of sp³-hybridized carbons (Fsp3) is 0.300. The van der Waals surface area contributed by atoms with Gasteiger partial charge in [0.1, 0.15) is 11.6 Å². The Labute approximate surface area is 100 Å². The van der Waals surface area contributed by atoms with Crippen LogP contribution in [0.25, 0.3) is 0 Å². The van der Waals surface area contributed by atoms with Crippen molar-refractivity contribution < 1.29 is 13.2 Å². The van der Waals surface area contributed by atoms with Crippen LogP contribution in [-0.2, 0) is 6.18 Å². The quantitative estimate of drug-likeness (QED) is 0.886. The lowest BCUT2D eigenvalue weighted by Crippen LogP contribution is -2.13. The minimum atomic E-state index is -4.47. The molecular formula is C10H10F3N5. The van der Waals surface area contributed by atoms with E-state index in [1.807, 2.05) is 0 Å². The van der Waals surface area contributed by atoms with Crippen LogP contribution >= 0.6 is 0 Å². The third-order valence-corrected chi connectivity index (χ3v) is 2.25. The highest BCUT2D eigenvalue weighted by Crippen LogP contribution is 2.27. The van der Waals surface area contributed by atoms with Gasteiger partial charge in [-0.1, -0.05) is 0 Å². The van der Waals surface area contributed by atoms with Crippen LogP contribution in [0.2, 0.25) is 0 Å². The summed E-state index contributed by atoms with van der Waals surface area (Å²) in [7, 11) is 0. The van der Waals surface area contributed by atoms with Gasteiger partial charge in [0.25, 0.3) is 0 Å². The molecule has 18 heavy (non-hydrogen) atoms. The lowest BCUT2D eigenvalue weighted by atomic mass is 10.3. The van der Waals surface area contributed by atoms with Gasteiger partial charge in [0.15, 0.2) is 5.69 Å². The van der Waals surface area contributed by atoms with Gasteiger partial charge in [0.2, 0.25) is 0 Å². The Bertz CT molecular complexity index is 491. The van der Waals surface area contributed by atoms with Gasteiger partial charge in [-0.2, -0.15) is 13.2 Å². The number of hydrogen-bond donors (Lipinski definition) is 2. The number of nitrogens with zero attached hydrogens (tertiary/aromatic N) is 3. The summed E-state index contributed by atoms with van der Waals surface area (Å²) >= 11 is 0. The van der Waals surface area contributed by atoms with E-state index in [4.69, 9.17) is 0 Å². The Balaban J connectivity index is 2.07. The standard InChI is InChI=1S/C10H10F3N5/c1-6(9-14-4-5-15-9)16-8-3-2-7(17-18-8)10(11,12)13/h2-6H,1H3,(H,14,15)(H,16,18). The molecule has 2 aromatic rings. The van der Waals surface area contributed by atoms with E-state index >= 15 is 0 Å². The van der Waals surface area contributed by atoms with Gasteiger partial charge < -0.3 is 10.3 Å². The molecule has 0 aliphatic carbocycles. The van der Waals surface area contributed by atoms with Gasteiger partial charge in [0, 0.05) is 12.4 Å². The van der Waals surface area contributed by atoms with Crippen LogP contribution in [-0.4, -0.2) is 20.2 Å². The number of aromatic nitrogens is 4. The van der Waals surface area contributed by atoms with Gasteiger partial charge in [-0.25, -0.2) is 4.98 Å². The lowest BCUT2D eigenvalue weighted by molar-refractivity contribution is -0.141. The van der Waals surface area contributed by atoms with Crippen molar-refractivity contribution in [3.63, 3.8) is 0 Å². The molecule has 1 atom stereocenters. The summed E-state index contributed by atoms with van der Waals surface area (Å²) in [5, 5.41) is 9.48. The van der Waals surface area contributed by atoms with E-state index in [2.05, 4.69) is 25.5 Å². The van der Waals surface area contributed by atoms with E-state index in [0.29, 0.717) is 5.82 Å². The number of rotatable bonds is 3. The number of hydrogen-bond acceptors (Lipinski definition) is 4. The van der Waals surface area contributed by atoms with Crippen molar-refractivity contribution in [1.29, 1.82) is 0 Å². The SMILES string of the molecule is CC(Nc1ccc(C(F)(F)F)nn1)c1ncc[nH]1. The predicted molar refractivity (Wildman–Crippen MR) is 57.7 cm³/mol. The lowest BCUT2D eigenvalue weighted by Gasteiger charge is -2.12. The first-order valence-corrected chi connectivity index (χ1v) is 5.13. The Kier molecular flexibility index (Phi) is 3.17. The summed E-state index contributed by atoms with van der Waals surface area (Å²) < 4.78 is 36.8. The van der Waals surface area contributed by atoms with Gasteiger partial charge in [-0.05, 0) is 19.1 Å². The van der Waals surface area contributed by atoms with Crippen LogP contribution in [0.3, 0.4) is 0 Å². The van der Waals surface area contributed by atoms with E-state index in [1.165, 1.54) is 6.07 Å². The maximum absolute atomic E-state index is 12.3. The molecule has 2 N–H and O–H groups in total. The zero-order chi connectivity index (χ0) is 13.2. The number of nitrogens with one attached hydrogen (secondary N) is 2. The number of halogens is 3. The Morgan fingerprint density at radius 1 is 1.28 bits per heavy atom. The molecule has 2 aromatic heterocycles. The van der Waals surface area contributed by atoms with Crippen molar-refractivity contribution in [3.8, 4) is 0 Å². The van der Waals surface area contributed by atoms with Gasteiger partial charge in [-0.3, -0.25) is 0 Å².